The van der Waals surface area contributed by atoms with Crippen molar-refractivity contribution in [3.63, 3.8) is 0 Å². The molecule has 0 saturated heterocycles. The number of carbonyl (C=O) groups is 1. The number of aromatic hydroxyl groups is 2. The third kappa shape index (κ3) is 4.43. The standard InChI is InChI=1S/C22H21ClN2O4/c1-13-22(23)14(2)25(24-13)12-16-10-15(5-9-21(16)29-3)4-8-19(27)18-7-6-17(26)11-20(18)28/h4-11,26,28H,12H2,1-3H3/b8-4+. The van der Waals surface area contributed by atoms with Crippen molar-refractivity contribution in [2.24, 2.45) is 0 Å². The van der Waals surface area contributed by atoms with Crippen molar-refractivity contribution in [1.82, 2.24) is 9.78 Å². The summed E-state index contributed by atoms with van der Waals surface area (Å²) in [5.74, 6) is -0.0397. The van der Waals surface area contributed by atoms with Crippen LogP contribution in [-0.4, -0.2) is 32.9 Å². The second-order valence-corrected chi connectivity index (χ2v) is 6.99. The zero-order chi connectivity index (χ0) is 21.1. The zero-order valence-electron chi connectivity index (χ0n) is 16.3. The number of phenols is 2. The fourth-order valence-electron chi connectivity index (χ4n) is 3.01. The van der Waals surface area contributed by atoms with Gasteiger partial charge in [-0.15, -0.1) is 0 Å². The molecule has 150 valence electrons. The van der Waals surface area contributed by atoms with Crippen molar-refractivity contribution in [1.29, 1.82) is 0 Å². The Balaban J connectivity index is 1.87. The number of benzene rings is 2. The number of nitrogens with zero attached hydrogens (tertiary/aromatic N) is 2. The molecule has 0 unspecified atom stereocenters. The zero-order valence-corrected chi connectivity index (χ0v) is 17.1. The molecule has 1 aromatic heterocycles. The van der Waals surface area contributed by atoms with Crippen LogP contribution in [0.4, 0.5) is 0 Å². The van der Waals surface area contributed by atoms with Gasteiger partial charge < -0.3 is 14.9 Å². The number of aromatic nitrogens is 2. The minimum Gasteiger partial charge on any atom is -0.508 e. The molecule has 29 heavy (non-hydrogen) atoms. The molecular formula is C22H21ClN2O4. The summed E-state index contributed by atoms with van der Waals surface area (Å²) in [4.78, 5) is 12.4. The summed E-state index contributed by atoms with van der Waals surface area (Å²) in [5, 5.41) is 24.3. The van der Waals surface area contributed by atoms with Gasteiger partial charge in [0.15, 0.2) is 5.78 Å². The highest BCUT2D eigenvalue weighted by Gasteiger charge is 2.13. The summed E-state index contributed by atoms with van der Waals surface area (Å²) >= 11 is 6.24. The largest absolute Gasteiger partial charge is 0.508 e. The number of rotatable bonds is 6. The molecular weight excluding hydrogens is 392 g/mol. The van der Waals surface area contributed by atoms with E-state index >= 15 is 0 Å². The Morgan fingerprint density at radius 3 is 2.59 bits per heavy atom. The van der Waals surface area contributed by atoms with Crippen LogP contribution in [0.5, 0.6) is 17.2 Å². The first-order valence-electron chi connectivity index (χ1n) is 8.91. The lowest BCUT2D eigenvalue weighted by Gasteiger charge is -2.11. The van der Waals surface area contributed by atoms with Crippen molar-refractivity contribution < 1.29 is 19.7 Å². The molecule has 0 bridgehead atoms. The topological polar surface area (TPSA) is 84.6 Å². The summed E-state index contributed by atoms with van der Waals surface area (Å²) in [6, 6.07) is 9.42. The summed E-state index contributed by atoms with van der Waals surface area (Å²) < 4.78 is 7.26. The number of ketones is 1. The first-order chi connectivity index (χ1) is 13.8. The van der Waals surface area contributed by atoms with Crippen LogP contribution in [-0.2, 0) is 6.54 Å². The maximum atomic E-state index is 12.4. The fraction of sp³-hybridized carbons (Fsp3) is 0.182. The van der Waals surface area contributed by atoms with Crippen LogP contribution in [0.25, 0.3) is 6.08 Å². The smallest absolute Gasteiger partial charge is 0.189 e. The molecule has 0 amide bonds. The quantitative estimate of drug-likeness (QED) is 0.459. The van der Waals surface area contributed by atoms with Crippen molar-refractivity contribution in [3.8, 4) is 17.2 Å². The number of halogens is 1. The molecule has 0 spiro atoms. The Hall–Kier alpha value is -3.25. The molecule has 0 radical (unpaired) electrons. The number of hydrogen-bond acceptors (Lipinski definition) is 5. The third-order valence-corrected chi connectivity index (χ3v) is 5.14. The number of aryl methyl sites for hydroxylation is 1. The highest BCUT2D eigenvalue weighted by atomic mass is 35.5. The van der Waals surface area contributed by atoms with E-state index in [-0.39, 0.29) is 22.8 Å². The average Bonchev–Trinajstić information content (AvgIpc) is 2.93. The Bertz CT molecular complexity index is 1100. The van der Waals surface area contributed by atoms with Gasteiger partial charge in [0, 0.05) is 11.6 Å². The van der Waals surface area contributed by atoms with Crippen LogP contribution in [0.1, 0.15) is 32.9 Å². The summed E-state index contributed by atoms with van der Waals surface area (Å²) in [6.45, 7) is 4.23. The number of phenolic OH excluding ortho intramolecular Hbond substituents is 2. The van der Waals surface area contributed by atoms with Crippen LogP contribution in [0.2, 0.25) is 5.02 Å². The van der Waals surface area contributed by atoms with Gasteiger partial charge >= 0.3 is 0 Å². The first-order valence-corrected chi connectivity index (χ1v) is 9.28. The van der Waals surface area contributed by atoms with E-state index in [2.05, 4.69) is 5.10 Å². The lowest BCUT2D eigenvalue weighted by Crippen LogP contribution is -2.06. The summed E-state index contributed by atoms with van der Waals surface area (Å²) in [5.41, 5.74) is 3.42. The predicted molar refractivity (Wildman–Crippen MR) is 112 cm³/mol. The maximum absolute atomic E-state index is 12.4. The molecule has 3 rings (SSSR count). The van der Waals surface area contributed by atoms with Gasteiger partial charge in [0.2, 0.25) is 0 Å². The Morgan fingerprint density at radius 2 is 1.97 bits per heavy atom. The van der Waals surface area contributed by atoms with Crippen LogP contribution in [0.3, 0.4) is 0 Å². The fourth-order valence-corrected chi connectivity index (χ4v) is 3.14. The van der Waals surface area contributed by atoms with E-state index in [1.54, 1.807) is 13.2 Å². The van der Waals surface area contributed by atoms with Gasteiger partial charge in [0.1, 0.15) is 17.2 Å². The van der Waals surface area contributed by atoms with E-state index in [1.165, 1.54) is 18.2 Å². The SMILES string of the molecule is COc1ccc(/C=C/C(=O)c2ccc(O)cc2O)cc1Cn1nc(C)c(Cl)c1C. The number of ether oxygens (including phenoxy) is 1. The average molecular weight is 413 g/mol. The van der Waals surface area contributed by atoms with Gasteiger partial charge in [0.25, 0.3) is 0 Å². The van der Waals surface area contributed by atoms with Crippen LogP contribution in [0.15, 0.2) is 42.5 Å². The molecule has 0 saturated carbocycles. The highest BCUT2D eigenvalue weighted by Crippen LogP contribution is 2.26. The van der Waals surface area contributed by atoms with Crippen LogP contribution < -0.4 is 4.74 Å². The molecule has 0 atom stereocenters. The van der Waals surface area contributed by atoms with E-state index < -0.39 is 0 Å². The number of hydrogen-bond donors (Lipinski definition) is 2. The monoisotopic (exact) mass is 412 g/mol. The maximum Gasteiger partial charge on any atom is 0.189 e. The second-order valence-electron chi connectivity index (χ2n) is 6.61. The van der Waals surface area contributed by atoms with Crippen molar-refractivity contribution in [3.05, 3.63) is 75.6 Å². The minimum atomic E-state index is -0.370. The van der Waals surface area contributed by atoms with E-state index in [9.17, 15) is 15.0 Å². The summed E-state index contributed by atoms with van der Waals surface area (Å²) in [6.07, 6.45) is 3.03. The molecule has 0 aliphatic carbocycles. The molecule has 0 fully saturated rings. The van der Waals surface area contributed by atoms with E-state index in [4.69, 9.17) is 16.3 Å². The molecule has 6 nitrogen and oxygen atoms in total. The Labute approximate surface area is 173 Å². The van der Waals surface area contributed by atoms with Gasteiger partial charge in [0.05, 0.1) is 35.6 Å². The third-order valence-electron chi connectivity index (χ3n) is 4.59. The van der Waals surface area contributed by atoms with Gasteiger partial charge in [-0.2, -0.15) is 5.10 Å². The van der Waals surface area contributed by atoms with Gasteiger partial charge in [-0.1, -0.05) is 23.7 Å². The summed E-state index contributed by atoms with van der Waals surface area (Å²) in [7, 11) is 1.60. The van der Waals surface area contributed by atoms with E-state index in [0.29, 0.717) is 17.3 Å². The molecule has 0 aliphatic heterocycles. The molecule has 2 N–H and O–H groups in total. The normalized spacial score (nSPS) is 11.2. The number of methoxy groups -OCH3 is 1. The first kappa shape index (κ1) is 20.5. The van der Waals surface area contributed by atoms with Crippen LogP contribution >= 0.6 is 11.6 Å². The molecule has 7 heteroatoms. The van der Waals surface area contributed by atoms with Crippen molar-refractivity contribution >= 4 is 23.5 Å². The Kier molecular flexibility index (Phi) is 5.94. The lowest BCUT2D eigenvalue weighted by atomic mass is 10.1. The van der Waals surface area contributed by atoms with Gasteiger partial charge in [-0.05, 0) is 49.8 Å². The predicted octanol–water partition coefficient (Wildman–Crippen LogP) is 4.52. The Morgan fingerprint density at radius 1 is 1.21 bits per heavy atom. The molecule has 0 aliphatic rings. The van der Waals surface area contributed by atoms with E-state index in [1.807, 2.05) is 36.7 Å². The van der Waals surface area contributed by atoms with Gasteiger partial charge in [-0.3, -0.25) is 9.48 Å². The molecule has 1 heterocycles. The number of carbonyl (C=O) groups excluding carboxylic acids is 1. The minimum absolute atomic E-state index is 0.105. The van der Waals surface area contributed by atoms with Crippen LogP contribution in [0, 0.1) is 13.8 Å². The highest BCUT2D eigenvalue weighted by molar-refractivity contribution is 6.31. The second kappa shape index (κ2) is 8.41. The van der Waals surface area contributed by atoms with E-state index in [0.717, 1.165) is 28.6 Å². The molecule has 3 aromatic rings. The number of allylic oxidation sites excluding steroid dienone is 1. The van der Waals surface area contributed by atoms with Crippen molar-refractivity contribution in [2.75, 3.05) is 7.11 Å². The molecule has 2 aromatic carbocycles. The lowest BCUT2D eigenvalue weighted by molar-refractivity contribution is 0.104. The van der Waals surface area contributed by atoms with Crippen molar-refractivity contribution in [2.45, 2.75) is 20.4 Å². The van der Waals surface area contributed by atoms with Gasteiger partial charge in [-0.25, -0.2) is 0 Å².